The maximum absolute atomic E-state index is 13.2. The van der Waals surface area contributed by atoms with Gasteiger partial charge in [0.25, 0.3) is 11.8 Å². The number of halogens is 4. The second kappa shape index (κ2) is 10.2. The Labute approximate surface area is 218 Å². The minimum absolute atomic E-state index is 0.127. The molecule has 0 aromatic heterocycles. The van der Waals surface area contributed by atoms with Crippen LogP contribution in [0.25, 0.3) is 6.08 Å². The van der Waals surface area contributed by atoms with Crippen molar-refractivity contribution in [1.82, 2.24) is 5.32 Å². The van der Waals surface area contributed by atoms with Crippen molar-refractivity contribution >= 4 is 80.3 Å². The minimum atomic E-state index is -0.851. The molecule has 0 radical (unpaired) electrons. The monoisotopic (exact) mass is 578 g/mol. The lowest BCUT2D eigenvalue weighted by Crippen LogP contribution is -2.54. The Morgan fingerprint density at radius 1 is 0.941 bits per heavy atom. The first-order valence-corrected chi connectivity index (χ1v) is 11.7. The molecule has 1 aliphatic rings. The molecule has 0 unspecified atom stereocenters. The van der Waals surface area contributed by atoms with Crippen LogP contribution in [0.4, 0.5) is 10.5 Å². The largest absolute Gasteiger partial charge is 0.487 e. The third-order valence-electron chi connectivity index (χ3n) is 4.80. The van der Waals surface area contributed by atoms with Gasteiger partial charge in [-0.2, -0.15) is 0 Å². The van der Waals surface area contributed by atoms with Crippen LogP contribution in [-0.2, 0) is 16.2 Å². The number of barbiturate groups is 1. The predicted molar refractivity (Wildman–Crippen MR) is 135 cm³/mol. The van der Waals surface area contributed by atoms with Crippen molar-refractivity contribution in [3.05, 3.63) is 96.9 Å². The fraction of sp³-hybridized carbons (Fsp3) is 0.0417. The molecule has 1 heterocycles. The van der Waals surface area contributed by atoms with Crippen LogP contribution in [0.1, 0.15) is 11.1 Å². The number of benzene rings is 3. The van der Waals surface area contributed by atoms with Gasteiger partial charge in [-0.1, -0.05) is 62.9 Å². The van der Waals surface area contributed by atoms with E-state index in [-0.39, 0.29) is 28.0 Å². The van der Waals surface area contributed by atoms with Gasteiger partial charge in [0, 0.05) is 20.1 Å². The third kappa shape index (κ3) is 5.28. The average molecular weight is 581 g/mol. The summed E-state index contributed by atoms with van der Waals surface area (Å²) in [5.41, 5.74) is 1.10. The molecule has 0 bridgehead atoms. The Morgan fingerprint density at radius 3 is 2.38 bits per heavy atom. The highest BCUT2D eigenvalue weighted by atomic mass is 79.9. The molecule has 1 aliphatic heterocycles. The number of hydrogen-bond donors (Lipinski definition) is 1. The normalized spacial score (nSPS) is 15.0. The van der Waals surface area contributed by atoms with E-state index in [1.807, 2.05) is 6.07 Å². The lowest BCUT2D eigenvalue weighted by atomic mass is 10.1. The van der Waals surface area contributed by atoms with Gasteiger partial charge in [-0.25, -0.2) is 9.69 Å². The molecule has 0 spiro atoms. The van der Waals surface area contributed by atoms with Crippen LogP contribution >= 0.6 is 50.7 Å². The van der Waals surface area contributed by atoms with Gasteiger partial charge in [0.05, 0.1) is 10.7 Å². The van der Waals surface area contributed by atoms with Crippen LogP contribution in [-0.4, -0.2) is 17.8 Å². The van der Waals surface area contributed by atoms with Crippen molar-refractivity contribution in [2.75, 3.05) is 4.90 Å². The van der Waals surface area contributed by atoms with E-state index in [4.69, 9.17) is 39.5 Å². The van der Waals surface area contributed by atoms with Crippen molar-refractivity contribution in [3.63, 3.8) is 0 Å². The van der Waals surface area contributed by atoms with E-state index in [1.165, 1.54) is 18.2 Å². The van der Waals surface area contributed by atoms with Crippen molar-refractivity contribution in [1.29, 1.82) is 0 Å². The molecule has 0 atom stereocenters. The van der Waals surface area contributed by atoms with Crippen LogP contribution in [0.15, 0.2) is 70.7 Å². The molecule has 0 saturated carbocycles. The number of ether oxygens (including phenoxy) is 1. The van der Waals surface area contributed by atoms with E-state index in [9.17, 15) is 14.4 Å². The standard InChI is InChI=1S/C24H14BrCl3N2O4/c25-15-4-6-18(7-5-15)30-23(32)19(22(31)29-24(30)33)10-14-9-17(27)11-20(28)21(14)34-12-13-2-1-3-16(26)8-13/h1-11H,12H2,(H,29,31,33)/b19-10+. The molecule has 1 fully saturated rings. The first kappa shape index (κ1) is 24.3. The quantitative estimate of drug-likeness (QED) is 0.271. The summed E-state index contributed by atoms with van der Waals surface area (Å²) in [4.78, 5) is 39.0. The van der Waals surface area contributed by atoms with Gasteiger partial charge in [-0.3, -0.25) is 14.9 Å². The second-order valence-electron chi connectivity index (χ2n) is 7.16. The number of carbonyl (C=O) groups is 3. The van der Waals surface area contributed by atoms with Crippen molar-refractivity contribution in [2.24, 2.45) is 0 Å². The number of nitrogens with one attached hydrogen (secondary N) is 1. The average Bonchev–Trinajstić information content (AvgIpc) is 2.77. The number of urea groups is 1. The third-order valence-corrected chi connectivity index (χ3v) is 6.06. The van der Waals surface area contributed by atoms with Crippen LogP contribution in [0.5, 0.6) is 5.75 Å². The zero-order valence-corrected chi connectivity index (χ0v) is 21.0. The summed E-state index contributed by atoms with van der Waals surface area (Å²) in [6.45, 7) is 0.127. The molecule has 3 aromatic rings. The van der Waals surface area contributed by atoms with E-state index < -0.39 is 17.8 Å². The van der Waals surface area contributed by atoms with Gasteiger partial charge in [-0.15, -0.1) is 0 Å². The van der Waals surface area contributed by atoms with Gasteiger partial charge in [0.2, 0.25) is 0 Å². The topological polar surface area (TPSA) is 75.7 Å². The Hall–Kier alpha value is -2.84. The van der Waals surface area contributed by atoms with Crippen LogP contribution < -0.4 is 15.0 Å². The van der Waals surface area contributed by atoms with Crippen LogP contribution in [0, 0.1) is 0 Å². The van der Waals surface area contributed by atoms with E-state index in [0.717, 1.165) is 14.9 Å². The number of anilines is 1. The number of amides is 4. The molecule has 0 aliphatic carbocycles. The number of nitrogens with zero attached hydrogens (tertiary/aromatic N) is 1. The zero-order valence-electron chi connectivity index (χ0n) is 17.2. The van der Waals surface area contributed by atoms with Crippen molar-refractivity contribution in [2.45, 2.75) is 6.61 Å². The molecule has 4 rings (SSSR count). The van der Waals surface area contributed by atoms with E-state index >= 15 is 0 Å². The van der Waals surface area contributed by atoms with Gasteiger partial charge in [0.1, 0.15) is 17.9 Å². The highest BCUT2D eigenvalue weighted by Crippen LogP contribution is 2.35. The van der Waals surface area contributed by atoms with E-state index in [2.05, 4.69) is 21.2 Å². The first-order chi connectivity index (χ1) is 16.2. The van der Waals surface area contributed by atoms with Crippen LogP contribution in [0.3, 0.4) is 0 Å². The minimum Gasteiger partial charge on any atom is -0.487 e. The Morgan fingerprint density at radius 2 is 1.68 bits per heavy atom. The summed E-state index contributed by atoms with van der Waals surface area (Å²) < 4.78 is 6.67. The summed E-state index contributed by atoms with van der Waals surface area (Å²) in [7, 11) is 0. The summed E-state index contributed by atoms with van der Waals surface area (Å²) in [6, 6.07) is 15.7. The Balaban J connectivity index is 1.71. The van der Waals surface area contributed by atoms with Crippen molar-refractivity contribution < 1.29 is 19.1 Å². The van der Waals surface area contributed by atoms with E-state index in [0.29, 0.717) is 16.3 Å². The molecular formula is C24H14BrCl3N2O4. The number of imide groups is 2. The van der Waals surface area contributed by atoms with E-state index in [1.54, 1.807) is 42.5 Å². The van der Waals surface area contributed by atoms with Gasteiger partial charge < -0.3 is 4.74 Å². The summed E-state index contributed by atoms with van der Waals surface area (Å²) in [5, 5.41) is 3.19. The summed E-state index contributed by atoms with van der Waals surface area (Å²) >= 11 is 21.9. The van der Waals surface area contributed by atoms with Crippen molar-refractivity contribution in [3.8, 4) is 5.75 Å². The van der Waals surface area contributed by atoms with Crippen LogP contribution in [0.2, 0.25) is 15.1 Å². The SMILES string of the molecule is O=C1NC(=O)N(c2ccc(Br)cc2)C(=O)/C1=C/c1cc(Cl)cc(Cl)c1OCc1cccc(Cl)c1. The Bertz CT molecular complexity index is 1340. The molecule has 3 aromatic carbocycles. The molecular weight excluding hydrogens is 567 g/mol. The Kier molecular flexibility index (Phi) is 7.28. The summed E-state index contributed by atoms with van der Waals surface area (Å²) in [6.07, 6.45) is 1.29. The highest BCUT2D eigenvalue weighted by Gasteiger charge is 2.37. The van der Waals surface area contributed by atoms with Gasteiger partial charge in [0.15, 0.2) is 0 Å². The summed E-state index contributed by atoms with van der Waals surface area (Å²) in [5.74, 6) is -1.43. The number of hydrogen-bond acceptors (Lipinski definition) is 4. The molecule has 34 heavy (non-hydrogen) atoms. The van der Waals surface area contributed by atoms with Gasteiger partial charge >= 0.3 is 6.03 Å². The smallest absolute Gasteiger partial charge is 0.335 e. The predicted octanol–water partition coefficient (Wildman–Crippen LogP) is 6.65. The zero-order chi connectivity index (χ0) is 24.4. The lowest BCUT2D eigenvalue weighted by Gasteiger charge is -2.26. The number of carbonyl (C=O) groups excluding carboxylic acids is 3. The molecule has 4 amide bonds. The first-order valence-electron chi connectivity index (χ1n) is 9.76. The number of rotatable bonds is 5. The molecule has 172 valence electrons. The maximum Gasteiger partial charge on any atom is 0.335 e. The second-order valence-corrected chi connectivity index (χ2v) is 9.35. The molecule has 10 heteroatoms. The highest BCUT2D eigenvalue weighted by molar-refractivity contribution is 9.10. The molecule has 1 N–H and O–H groups in total. The maximum atomic E-state index is 13.2. The van der Waals surface area contributed by atoms with Gasteiger partial charge in [-0.05, 0) is 60.2 Å². The lowest BCUT2D eigenvalue weighted by molar-refractivity contribution is -0.122. The molecule has 1 saturated heterocycles. The fourth-order valence-corrected chi connectivity index (χ4v) is 4.30. The molecule has 6 nitrogen and oxygen atoms in total. The fourth-order valence-electron chi connectivity index (χ4n) is 3.26.